The van der Waals surface area contributed by atoms with Crippen LogP contribution in [-0.2, 0) is 65.3 Å². The summed E-state index contributed by atoms with van der Waals surface area (Å²) in [7, 11) is 0. The van der Waals surface area contributed by atoms with Crippen molar-refractivity contribution >= 4 is 46.8 Å². The number of nitrogens with zero attached hydrogens (tertiary/aromatic N) is 2. The van der Waals surface area contributed by atoms with Crippen LogP contribution in [0.1, 0.15) is 95.6 Å². The Labute approximate surface area is 416 Å². The first-order valence-corrected chi connectivity index (χ1v) is 23.8. The van der Waals surface area contributed by atoms with Gasteiger partial charge >= 0.3 is 0 Å². The average Bonchev–Trinajstić information content (AvgIpc) is 3.32. The van der Waals surface area contributed by atoms with Crippen molar-refractivity contribution in [3.63, 3.8) is 0 Å². The Morgan fingerprint density at radius 2 is 0.764 bits per heavy atom. The number of ketones is 4. The summed E-state index contributed by atoms with van der Waals surface area (Å²) >= 11 is 0. The maximum atomic E-state index is 14.7. The third-order valence-corrected chi connectivity index (χ3v) is 12.6. The number of carbonyl (C=O) groups excluding carboxylic acids is 8. The summed E-state index contributed by atoms with van der Waals surface area (Å²) in [6.45, 7) is 11.2. The molecule has 370 valence electrons. The monoisotopic (exact) mass is 972 g/mol. The highest BCUT2D eigenvalue weighted by molar-refractivity contribution is 6.21. The fourth-order valence-electron chi connectivity index (χ4n) is 8.82. The minimum Gasteiger partial charge on any atom is -0.483 e. The SMILES string of the molecule is CC(C)(C)c1cc2c3c(c1)CC1=CC(=O)C=C(Cc4cc(C(C)(C)C)cc(c4OCC(=O)NCCNC(=O)c4ccnc(c4)-c4cc(ccn4)C(=O)NCCNC(=O)CO3)CC3=CC(=O)C=C(C2)C3=O)C1=O. The van der Waals surface area contributed by atoms with Crippen molar-refractivity contribution in [1.29, 1.82) is 0 Å². The predicted molar refractivity (Wildman–Crippen MR) is 267 cm³/mol. The molecule has 16 heteroatoms. The highest BCUT2D eigenvalue weighted by Crippen LogP contribution is 2.40. The van der Waals surface area contributed by atoms with E-state index in [-0.39, 0.29) is 96.8 Å². The van der Waals surface area contributed by atoms with Gasteiger partial charge in [0, 0.05) is 97.7 Å². The van der Waals surface area contributed by atoms with Crippen molar-refractivity contribution in [1.82, 2.24) is 31.2 Å². The molecule has 4 N–H and O–H groups in total. The van der Waals surface area contributed by atoms with E-state index < -0.39 is 70.8 Å². The second kappa shape index (κ2) is 20.7. The molecule has 9 rings (SSSR count). The highest BCUT2D eigenvalue weighted by Gasteiger charge is 2.32. The average molecular weight is 973 g/mol. The lowest BCUT2D eigenvalue weighted by Crippen LogP contribution is -2.37. The Bertz CT molecular complexity index is 2800. The molecular weight excluding hydrogens is 917 g/mol. The van der Waals surface area contributed by atoms with Crippen LogP contribution in [0.3, 0.4) is 0 Å². The first-order valence-electron chi connectivity index (χ1n) is 23.8. The number of benzene rings is 2. The van der Waals surface area contributed by atoms with Crippen molar-refractivity contribution in [3.8, 4) is 22.9 Å². The molecule has 0 radical (unpaired) electrons. The number of rotatable bonds is 0. The second-order valence-electron chi connectivity index (χ2n) is 20.2. The molecule has 0 unspecified atom stereocenters. The Kier molecular flexibility index (Phi) is 14.4. The van der Waals surface area contributed by atoms with E-state index in [0.29, 0.717) is 33.6 Å². The lowest BCUT2D eigenvalue weighted by atomic mass is 9.79. The molecule has 0 fully saturated rings. The van der Waals surface area contributed by atoms with Crippen LogP contribution in [0.5, 0.6) is 11.5 Å². The number of allylic oxidation sites excluding steroid dienone is 8. The number of pyridine rings is 2. The number of ether oxygens (including phenoxy) is 2. The normalized spacial score (nSPS) is 17.7. The summed E-state index contributed by atoms with van der Waals surface area (Å²) in [4.78, 5) is 119. The van der Waals surface area contributed by atoms with Crippen LogP contribution in [0.2, 0.25) is 0 Å². The molecule has 2 aromatic carbocycles. The molecular formula is C56H56N6O10. The Hall–Kier alpha value is -8.14. The number of aromatic nitrogens is 2. The summed E-state index contributed by atoms with van der Waals surface area (Å²) in [6, 6.07) is 13.6. The first-order chi connectivity index (χ1) is 34.2. The van der Waals surface area contributed by atoms with Crippen LogP contribution in [0, 0.1) is 0 Å². The Balaban J connectivity index is 1.22. The molecule has 0 saturated heterocycles. The molecule has 4 amide bonds. The van der Waals surface area contributed by atoms with Gasteiger partial charge in [-0.3, -0.25) is 48.3 Å². The maximum Gasteiger partial charge on any atom is 0.258 e. The lowest BCUT2D eigenvalue weighted by molar-refractivity contribution is -0.123. The molecule has 5 aliphatic rings. The highest BCUT2D eigenvalue weighted by atomic mass is 16.5. The third-order valence-electron chi connectivity index (χ3n) is 12.6. The summed E-state index contributed by atoms with van der Waals surface area (Å²) in [6.07, 6.45) is 7.69. The quantitative estimate of drug-likeness (QED) is 0.138. The minimum absolute atomic E-state index is 0.0280. The van der Waals surface area contributed by atoms with E-state index in [2.05, 4.69) is 31.2 Å². The van der Waals surface area contributed by atoms with Crippen LogP contribution in [0.25, 0.3) is 11.4 Å². The van der Waals surface area contributed by atoms with Gasteiger partial charge in [-0.2, -0.15) is 0 Å². The summed E-state index contributed by atoms with van der Waals surface area (Å²) in [5.74, 6) is -3.15. The van der Waals surface area contributed by atoms with Gasteiger partial charge in [0.15, 0.2) is 36.3 Å². The molecule has 4 aromatic rings. The van der Waals surface area contributed by atoms with Crippen LogP contribution in [-0.4, -0.2) is 96.1 Å². The van der Waals surface area contributed by atoms with E-state index in [1.165, 1.54) is 61.0 Å². The van der Waals surface area contributed by atoms with Crippen molar-refractivity contribution in [3.05, 3.63) is 152 Å². The van der Waals surface area contributed by atoms with E-state index in [0.717, 1.165) is 11.1 Å². The van der Waals surface area contributed by atoms with E-state index in [4.69, 9.17) is 9.47 Å². The van der Waals surface area contributed by atoms with Gasteiger partial charge in [-0.05, 0) is 92.8 Å². The number of nitrogens with one attached hydrogen (secondary N) is 4. The largest absolute Gasteiger partial charge is 0.483 e. The standard InChI is InChI=1S/C56H56N6O10/c1-55(2,3)41-19-37-15-33-23-43(63)25-35(49(33)67)17-39-21-42(56(4,5)6)22-40-18-36-26-44(64)24-34(50(36)68)16-38(20-41)51(37)71-29-47(65)59-11-13-61-53(69)31-7-9-57-45(27-31)46-28-32(8-10-58-46)54(70)62-14-12-60-48(66)30-72-52(39)40/h7-10,19-28H,11-18,29-30H2,1-6H3,(H,59,65)(H,60,66)(H,61,69)(H,62,70). The molecule has 2 aliphatic heterocycles. The molecule has 4 heterocycles. The zero-order valence-corrected chi connectivity index (χ0v) is 41.1. The van der Waals surface area contributed by atoms with Gasteiger partial charge in [0.1, 0.15) is 11.5 Å². The molecule has 2 aromatic heterocycles. The smallest absolute Gasteiger partial charge is 0.258 e. The number of hydrogen-bond acceptors (Lipinski definition) is 12. The van der Waals surface area contributed by atoms with Gasteiger partial charge in [0.25, 0.3) is 23.6 Å². The van der Waals surface area contributed by atoms with E-state index >= 15 is 0 Å². The molecule has 14 bridgehead atoms. The first kappa shape index (κ1) is 50.3. The third kappa shape index (κ3) is 11.7. The van der Waals surface area contributed by atoms with Crippen molar-refractivity contribution in [2.75, 3.05) is 39.4 Å². The molecule has 0 saturated carbocycles. The molecule has 72 heavy (non-hydrogen) atoms. The number of fused-ring (bicyclic) bond motifs is 14. The fraction of sp³-hybridized carbons (Fsp3) is 0.321. The summed E-state index contributed by atoms with van der Waals surface area (Å²) in [5.41, 5.74) is 4.49. The van der Waals surface area contributed by atoms with E-state index in [1.54, 1.807) is 0 Å². The topological polar surface area (TPSA) is 229 Å². The number of carbonyl (C=O) groups is 8. The second-order valence-corrected chi connectivity index (χ2v) is 20.2. The number of Topliss-reactive ketones (excluding diaryl/α,β-unsaturated/α-hetero) is 2. The van der Waals surface area contributed by atoms with Gasteiger partial charge < -0.3 is 30.7 Å². The minimum atomic E-state index is -0.535. The van der Waals surface area contributed by atoms with Crippen LogP contribution in [0.4, 0.5) is 0 Å². The zero-order chi connectivity index (χ0) is 51.5. The number of hydrogen-bond donors (Lipinski definition) is 4. The summed E-state index contributed by atoms with van der Waals surface area (Å²) < 4.78 is 12.7. The van der Waals surface area contributed by atoms with Crippen molar-refractivity contribution in [2.45, 2.75) is 78.1 Å². The van der Waals surface area contributed by atoms with E-state index in [9.17, 15) is 38.4 Å². The lowest BCUT2D eigenvalue weighted by Gasteiger charge is -2.27. The van der Waals surface area contributed by atoms with Crippen LogP contribution < -0.4 is 30.7 Å². The number of amides is 4. The van der Waals surface area contributed by atoms with Gasteiger partial charge in [0.2, 0.25) is 0 Å². The van der Waals surface area contributed by atoms with Gasteiger partial charge in [0.05, 0.1) is 11.4 Å². The van der Waals surface area contributed by atoms with Crippen molar-refractivity contribution in [2.24, 2.45) is 0 Å². The van der Waals surface area contributed by atoms with Gasteiger partial charge in [-0.1, -0.05) is 65.8 Å². The molecule has 0 atom stereocenters. The Morgan fingerprint density at radius 1 is 0.444 bits per heavy atom. The maximum absolute atomic E-state index is 14.7. The fourth-order valence-corrected chi connectivity index (χ4v) is 8.82. The molecule has 0 spiro atoms. The van der Waals surface area contributed by atoms with Crippen LogP contribution >= 0.6 is 0 Å². The van der Waals surface area contributed by atoms with E-state index in [1.807, 2.05) is 65.8 Å². The zero-order valence-electron chi connectivity index (χ0n) is 41.1. The Morgan fingerprint density at radius 3 is 1.08 bits per heavy atom. The summed E-state index contributed by atoms with van der Waals surface area (Å²) in [5, 5.41) is 11.1. The predicted octanol–water partition coefficient (Wildman–Crippen LogP) is 4.80. The molecule has 3 aliphatic carbocycles. The van der Waals surface area contributed by atoms with Gasteiger partial charge in [-0.25, -0.2) is 0 Å². The molecule has 16 nitrogen and oxygen atoms in total. The van der Waals surface area contributed by atoms with Crippen LogP contribution in [0.15, 0.2) is 108 Å². The van der Waals surface area contributed by atoms with Gasteiger partial charge in [-0.15, -0.1) is 0 Å². The van der Waals surface area contributed by atoms with Crippen molar-refractivity contribution < 1.29 is 47.8 Å².